The molecule has 0 radical (unpaired) electrons. The Kier molecular flexibility index (Phi) is 5.44. The molecule has 1 aliphatic heterocycles. The largest absolute Gasteiger partial charge is 0.340 e. The zero-order valence-electron chi connectivity index (χ0n) is 14.9. The Balaban J connectivity index is 1.49. The van der Waals surface area contributed by atoms with Gasteiger partial charge in [0.1, 0.15) is 0 Å². The maximum Gasteiger partial charge on any atom is 0.240 e. The number of hydrogen-bond donors (Lipinski definition) is 1. The summed E-state index contributed by atoms with van der Waals surface area (Å²) in [6.45, 7) is 6.45. The number of piperidine rings is 1. The molecule has 1 amide bonds. The molecule has 2 aromatic rings. The summed E-state index contributed by atoms with van der Waals surface area (Å²) >= 11 is 0. The molecule has 0 spiro atoms. The maximum absolute atomic E-state index is 12.2. The Morgan fingerprint density at radius 1 is 1.40 bits per heavy atom. The van der Waals surface area contributed by atoms with Crippen LogP contribution in [0.3, 0.4) is 0 Å². The van der Waals surface area contributed by atoms with E-state index in [0.717, 1.165) is 31.6 Å². The van der Waals surface area contributed by atoms with E-state index in [2.05, 4.69) is 30.4 Å². The molecule has 1 saturated heterocycles. The number of amides is 1. The van der Waals surface area contributed by atoms with Crippen LogP contribution in [0.15, 0.2) is 15.1 Å². The lowest BCUT2D eigenvalue weighted by Gasteiger charge is -2.36. The molecule has 1 aliphatic rings. The van der Waals surface area contributed by atoms with Crippen LogP contribution in [0, 0.1) is 13.8 Å². The molecule has 0 aromatic carbocycles. The summed E-state index contributed by atoms with van der Waals surface area (Å²) in [5.41, 5.74) is 0.739. The Bertz CT molecular complexity index is 712. The van der Waals surface area contributed by atoms with Gasteiger partial charge in [-0.2, -0.15) is 4.98 Å². The zero-order valence-corrected chi connectivity index (χ0v) is 14.9. The minimum atomic E-state index is -0.107. The monoisotopic (exact) mass is 348 g/mol. The summed E-state index contributed by atoms with van der Waals surface area (Å²) in [4.78, 5) is 20.8. The van der Waals surface area contributed by atoms with E-state index in [4.69, 9.17) is 9.05 Å². The zero-order chi connectivity index (χ0) is 17.8. The third kappa shape index (κ3) is 4.86. The third-order valence-electron chi connectivity index (χ3n) is 4.32. The first kappa shape index (κ1) is 17.6. The van der Waals surface area contributed by atoms with E-state index in [-0.39, 0.29) is 5.91 Å². The average molecular weight is 348 g/mol. The fourth-order valence-electron chi connectivity index (χ4n) is 3.10. The van der Waals surface area contributed by atoms with Gasteiger partial charge in [-0.15, -0.1) is 0 Å². The molecule has 0 saturated carbocycles. The summed E-state index contributed by atoms with van der Waals surface area (Å²) in [6.07, 6.45) is 2.14. The first-order valence-corrected chi connectivity index (χ1v) is 8.44. The van der Waals surface area contributed by atoms with Crippen LogP contribution < -0.4 is 5.32 Å². The molecule has 1 N–H and O–H groups in total. The first-order chi connectivity index (χ1) is 12.0. The molecule has 9 nitrogen and oxygen atoms in total. The van der Waals surface area contributed by atoms with Crippen molar-refractivity contribution in [1.82, 2.24) is 25.1 Å². The molecule has 1 fully saturated rings. The second-order valence-electron chi connectivity index (χ2n) is 6.56. The van der Waals surface area contributed by atoms with Crippen molar-refractivity contribution < 1.29 is 13.8 Å². The molecule has 9 heteroatoms. The summed E-state index contributed by atoms with van der Waals surface area (Å²) in [6, 6.07) is 2.01. The van der Waals surface area contributed by atoms with Crippen LogP contribution in [0.25, 0.3) is 0 Å². The number of aromatic nitrogens is 3. The van der Waals surface area contributed by atoms with Gasteiger partial charge in [0.15, 0.2) is 5.82 Å². The van der Waals surface area contributed by atoms with Gasteiger partial charge in [-0.1, -0.05) is 10.3 Å². The molecule has 0 aliphatic carbocycles. The number of carbonyl (C=O) groups excluding carboxylic acids is 1. The van der Waals surface area contributed by atoms with Crippen LogP contribution in [-0.4, -0.2) is 63.7 Å². The fourth-order valence-corrected chi connectivity index (χ4v) is 3.10. The SMILES string of the molecule is Cc1cc(NC(=O)CN(C)C2CCCN(Cc3noc(C)n3)C2)on1. The predicted molar refractivity (Wildman–Crippen MR) is 89.8 cm³/mol. The predicted octanol–water partition coefficient (Wildman–Crippen LogP) is 1.21. The van der Waals surface area contributed by atoms with Crippen molar-refractivity contribution in [1.29, 1.82) is 0 Å². The van der Waals surface area contributed by atoms with Crippen molar-refractivity contribution in [3.63, 3.8) is 0 Å². The van der Waals surface area contributed by atoms with Crippen molar-refractivity contribution in [2.24, 2.45) is 0 Å². The Hall–Kier alpha value is -2.26. The van der Waals surface area contributed by atoms with Crippen molar-refractivity contribution in [2.45, 2.75) is 39.3 Å². The Labute approximate surface area is 146 Å². The number of aryl methyl sites for hydroxylation is 2. The summed E-state index contributed by atoms with van der Waals surface area (Å²) in [5, 5.41) is 10.4. The molecule has 3 rings (SSSR count). The number of nitrogens with zero attached hydrogens (tertiary/aromatic N) is 5. The number of likely N-dealkylation sites (tertiary alicyclic amines) is 1. The molecular formula is C16H24N6O3. The maximum atomic E-state index is 12.2. The quantitative estimate of drug-likeness (QED) is 0.831. The molecule has 1 unspecified atom stereocenters. The first-order valence-electron chi connectivity index (χ1n) is 8.44. The number of anilines is 1. The highest BCUT2D eigenvalue weighted by molar-refractivity contribution is 5.90. The number of hydrogen-bond acceptors (Lipinski definition) is 8. The third-order valence-corrected chi connectivity index (χ3v) is 4.32. The second-order valence-corrected chi connectivity index (χ2v) is 6.56. The molecular weight excluding hydrogens is 324 g/mol. The van der Waals surface area contributed by atoms with Crippen molar-refractivity contribution >= 4 is 11.8 Å². The number of nitrogens with one attached hydrogen (secondary N) is 1. The van der Waals surface area contributed by atoms with Gasteiger partial charge < -0.3 is 9.05 Å². The van der Waals surface area contributed by atoms with E-state index in [9.17, 15) is 4.79 Å². The fraction of sp³-hybridized carbons (Fsp3) is 0.625. The van der Waals surface area contributed by atoms with Crippen LogP contribution in [0.4, 0.5) is 5.88 Å². The normalized spacial score (nSPS) is 18.6. The van der Waals surface area contributed by atoms with Crippen molar-refractivity contribution in [2.75, 3.05) is 32.0 Å². The molecule has 136 valence electrons. The van der Waals surface area contributed by atoms with Gasteiger partial charge in [0, 0.05) is 25.6 Å². The average Bonchev–Trinajstić information content (AvgIpc) is 3.15. The number of rotatable bonds is 6. The van der Waals surface area contributed by atoms with Crippen LogP contribution in [0.5, 0.6) is 0 Å². The van der Waals surface area contributed by atoms with Gasteiger partial charge in [-0.3, -0.25) is 19.9 Å². The number of carbonyl (C=O) groups is 1. The topological polar surface area (TPSA) is 101 Å². The van der Waals surface area contributed by atoms with Crippen molar-refractivity contribution in [3.05, 3.63) is 23.5 Å². The van der Waals surface area contributed by atoms with E-state index >= 15 is 0 Å². The van der Waals surface area contributed by atoms with E-state index in [1.165, 1.54) is 0 Å². The molecule has 3 heterocycles. The number of likely N-dealkylation sites (N-methyl/N-ethyl adjacent to an activating group) is 1. The van der Waals surface area contributed by atoms with Gasteiger partial charge in [0.05, 0.1) is 18.8 Å². The van der Waals surface area contributed by atoms with Crippen LogP contribution >= 0.6 is 0 Å². The molecule has 2 aromatic heterocycles. The van der Waals surface area contributed by atoms with Gasteiger partial charge in [-0.25, -0.2) is 0 Å². The minimum absolute atomic E-state index is 0.107. The minimum Gasteiger partial charge on any atom is -0.340 e. The lowest BCUT2D eigenvalue weighted by Crippen LogP contribution is -2.48. The Morgan fingerprint density at radius 2 is 2.24 bits per heavy atom. The van der Waals surface area contributed by atoms with E-state index in [1.54, 1.807) is 13.0 Å². The van der Waals surface area contributed by atoms with Gasteiger partial charge in [0.2, 0.25) is 17.7 Å². The highest BCUT2D eigenvalue weighted by atomic mass is 16.5. The smallest absolute Gasteiger partial charge is 0.240 e. The lowest BCUT2D eigenvalue weighted by atomic mass is 10.0. The Morgan fingerprint density at radius 3 is 2.92 bits per heavy atom. The standard InChI is InChI=1S/C16H24N6O3/c1-11-7-16(25-19-11)18-15(23)10-21(3)13-5-4-6-22(8-13)9-14-17-12(2)24-20-14/h7,13H,4-6,8-10H2,1-3H3,(H,18,23). The molecule has 0 bridgehead atoms. The van der Waals surface area contributed by atoms with Gasteiger partial charge in [-0.05, 0) is 33.4 Å². The van der Waals surface area contributed by atoms with Gasteiger partial charge >= 0.3 is 0 Å². The van der Waals surface area contributed by atoms with E-state index in [0.29, 0.717) is 36.7 Å². The summed E-state index contributed by atoms with van der Waals surface area (Å²) in [7, 11) is 1.97. The van der Waals surface area contributed by atoms with Gasteiger partial charge in [0.25, 0.3) is 0 Å². The molecule has 25 heavy (non-hydrogen) atoms. The van der Waals surface area contributed by atoms with Crippen molar-refractivity contribution in [3.8, 4) is 0 Å². The highest BCUT2D eigenvalue weighted by Gasteiger charge is 2.25. The van der Waals surface area contributed by atoms with Crippen LogP contribution in [-0.2, 0) is 11.3 Å². The summed E-state index contributed by atoms with van der Waals surface area (Å²) in [5.74, 6) is 1.57. The van der Waals surface area contributed by atoms with E-state index < -0.39 is 0 Å². The highest BCUT2D eigenvalue weighted by Crippen LogP contribution is 2.17. The van der Waals surface area contributed by atoms with E-state index in [1.807, 2.05) is 14.0 Å². The summed E-state index contributed by atoms with van der Waals surface area (Å²) < 4.78 is 10.0. The second kappa shape index (κ2) is 7.75. The lowest BCUT2D eigenvalue weighted by molar-refractivity contribution is -0.117. The molecule has 1 atom stereocenters. The van der Waals surface area contributed by atoms with Crippen LogP contribution in [0.1, 0.15) is 30.3 Å². The van der Waals surface area contributed by atoms with Crippen LogP contribution in [0.2, 0.25) is 0 Å².